The Labute approximate surface area is 259 Å². The van der Waals surface area contributed by atoms with E-state index in [1.807, 2.05) is 0 Å². The number of alkyl halides is 1. The molecule has 0 aliphatic carbocycles. The van der Waals surface area contributed by atoms with E-state index in [0.29, 0.717) is 40.7 Å². The number of hydrogen-bond donors (Lipinski definition) is 0. The average molecular weight is 618 g/mol. The maximum absolute atomic E-state index is 16.8. The standard InChI is InChI=1S/C34H34F3N5O3/c1-3-24-27(36)9-8-21-14-23(45-20-43-2)15-25(28(21)24)30-29(37)31-26(17-38-30)32(41-11-5-4-6-12-41)40-33(39-31)44-19-34-10-7-13-42(34)18-22(35)16-34/h1,8-9,14-15,17,22H,4-7,10-13,16,18-20H2,2H3/t22-,34+/m1/s1. The first-order valence-corrected chi connectivity index (χ1v) is 15.4. The van der Waals surface area contributed by atoms with Crippen molar-refractivity contribution in [3.8, 4) is 35.4 Å². The number of methoxy groups -OCH3 is 1. The predicted molar refractivity (Wildman–Crippen MR) is 165 cm³/mol. The van der Waals surface area contributed by atoms with Gasteiger partial charge in [-0.15, -0.1) is 6.42 Å². The second-order valence-corrected chi connectivity index (χ2v) is 12.1. The maximum atomic E-state index is 16.8. The average Bonchev–Trinajstić information content (AvgIpc) is 3.58. The summed E-state index contributed by atoms with van der Waals surface area (Å²) in [6, 6.07) is 6.13. The van der Waals surface area contributed by atoms with Gasteiger partial charge in [0, 0.05) is 50.3 Å². The molecule has 234 valence electrons. The highest BCUT2D eigenvalue weighted by atomic mass is 19.1. The molecule has 0 N–H and O–H groups in total. The zero-order chi connectivity index (χ0) is 31.1. The van der Waals surface area contributed by atoms with E-state index in [2.05, 4.69) is 25.7 Å². The molecule has 0 amide bonds. The van der Waals surface area contributed by atoms with E-state index in [9.17, 15) is 8.78 Å². The molecular formula is C34H34F3N5O3. The SMILES string of the molecule is C#Cc1c(F)ccc2cc(OCOC)cc(-c3ncc4c(N5CCCCC5)nc(OC[C@@]56CCCN5C[C@H](F)C6)nc4c3F)c12. The normalized spacial score (nSPS) is 21.8. The third-order valence-corrected chi connectivity index (χ3v) is 9.31. The molecule has 5 heterocycles. The molecule has 0 bridgehead atoms. The lowest BCUT2D eigenvalue weighted by Crippen LogP contribution is -2.43. The van der Waals surface area contributed by atoms with Crippen LogP contribution in [0.4, 0.5) is 19.0 Å². The largest absolute Gasteiger partial charge is 0.468 e. The number of pyridine rings is 1. The number of halogens is 3. The van der Waals surface area contributed by atoms with E-state index in [1.165, 1.54) is 13.2 Å². The van der Waals surface area contributed by atoms with Gasteiger partial charge >= 0.3 is 6.01 Å². The van der Waals surface area contributed by atoms with Crippen molar-refractivity contribution >= 4 is 27.5 Å². The van der Waals surface area contributed by atoms with Gasteiger partial charge in [0.1, 0.15) is 41.4 Å². The van der Waals surface area contributed by atoms with Gasteiger partial charge in [0.15, 0.2) is 12.6 Å². The molecule has 11 heteroatoms. The van der Waals surface area contributed by atoms with Gasteiger partial charge in [-0.1, -0.05) is 12.0 Å². The Morgan fingerprint density at radius 2 is 1.91 bits per heavy atom. The molecule has 2 aromatic carbocycles. The Morgan fingerprint density at radius 3 is 2.71 bits per heavy atom. The van der Waals surface area contributed by atoms with Crippen LogP contribution in [0.25, 0.3) is 32.9 Å². The van der Waals surface area contributed by atoms with Crippen LogP contribution in [0.3, 0.4) is 0 Å². The Morgan fingerprint density at radius 1 is 1.07 bits per heavy atom. The van der Waals surface area contributed by atoms with Crippen LogP contribution < -0.4 is 14.4 Å². The lowest BCUT2D eigenvalue weighted by atomic mass is 9.95. The summed E-state index contributed by atoms with van der Waals surface area (Å²) >= 11 is 0. The number of benzene rings is 2. The summed E-state index contributed by atoms with van der Waals surface area (Å²) in [7, 11) is 1.49. The number of piperidine rings is 1. The highest BCUT2D eigenvalue weighted by Gasteiger charge is 2.49. The minimum absolute atomic E-state index is 0.00842. The molecule has 7 rings (SSSR count). The van der Waals surface area contributed by atoms with Gasteiger partial charge in [-0.25, -0.2) is 13.2 Å². The lowest BCUT2D eigenvalue weighted by Gasteiger charge is -2.31. The summed E-state index contributed by atoms with van der Waals surface area (Å²) in [6.07, 6.45) is 11.6. The second kappa shape index (κ2) is 12.0. The molecule has 8 nitrogen and oxygen atoms in total. The van der Waals surface area contributed by atoms with Crippen molar-refractivity contribution in [2.24, 2.45) is 0 Å². The fourth-order valence-corrected chi connectivity index (χ4v) is 7.22. The molecule has 3 fully saturated rings. The monoisotopic (exact) mass is 617 g/mol. The van der Waals surface area contributed by atoms with E-state index in [1.54, 1.807) is 24.4 Å². The van der Waals surface area contributed by atoms with E-state index in [4.69, 9.17) is 25.6 Å². The van der Waals surface area contributed by atoms with Crippen molar-refractivity contribution in [3.05, 3.63) is 47.7 Å². The first-order chi connectivity index (χ1) is 21.9. The second-order valence-electron chi connectivity index (χ2n) is 12.1. The molecule has 4 aromatic rings. The molecular weight excluding hydrogens is 583 g/mol. The van der Waals surface area contributed by atoms with Crippen molar-refractivity contribution in [2.75, 3.05) is 51.6 Å². The summed E-state index contributed by atoms with van der Waals surface area (Å²) < 4.78 is 63.2. The van der Waals surface area contributed by atoms with E-state index in [-0.39, 0.29) is 41.7 Å². The summed E-state index contributed by atoms with van der Waals surface area (Å²) in [5.41, 5.74) is -0.209. The number of aromatic nitrogens is 3. The molecule has 3 aliphatic rings. The molecule has 3 aliphatic heterocycles. The third-order valence-electron chi connectivity index (χ3n) is 9.31. The van der Waals surface area contributed by atoms with Crippen LogP contribution in [0.2, 0.25) is 0 Å². The number of anilines is 1. The topological polar surface area (TPSA) is 72.8 Å². The van der Waals surface area contributed by atoms with Crippen LogP contribution in [-0.4, -0.2) is 78.3 Å². The quantitative estimate of drug-likeness (QED) is 0.175. The Kier molecular flexibility index (Phi) is 7.88. The van der Waals surface area contributed by atoms with Gasteiger partial charge in [0.25, 0.3) is 0 Å². The van der Waals surface area contributed by atoms with Gasteiger partial charge in [-0.2, -0.15) is 9.97 Å². The van der Waals surface area contributed by atoms with Gasteiger partial charge in [-0.05, 0) is 62.2 Å². The van der Waals surface area contributed by atoms with E-state index < -0.39 is 23.3 Å². The van der Waals surface area contributed by atoms with E-state index in [0.717, 1.165) is 51.7 Å². The van der Waals surface area contributed by atoms with Crippen LogP contribution in [-0.2, 0) is 4.74 Å². The highest BCUT2D eigenvalue weighted by molar-refractivity contribution is 6.03. The molecule has 0 unspecified atom stereocenters. The van der Waals surface area contributed by atoms with Crippen molar-refractivity contribution in [1.29, 1.82) is 0 Å². The number of rotatable bonds is 8. The Hall–Kier alpha value is -4.14. The number of ether oxygens (including phenoxy) is 3. The molecule has 2 aromatic heterocycles. The smallest absolute Gasteiger partial charge is 0.319 e. The first kappa shape index (κ1) is 29.6. The van der Waals surface area contributed by atoms with Crippen molar-refractivity contribution in [1.82, 2.24) is 19.9 Å². The van der Waals surface area contributed by atoms with Crippen LogP contribution >= 0.6 is 0 Å². The molecule has 3 saturated heterocycles. The van der Waals surface area contributed by atoms with Crippen molar-refractivity contribution in [2.45, 2.75) is 50.2 Å². The van der Waals surface area contributed by atoms with Gasteiger partial charge < -0.3 is 19.1 Å². The number of hydrogen-bond acceptors (Lipinski definition) is 8. The molecule has 0 spiro atoms. The summed E-state index contributed by atoms with van der Waals surface area (Å²) in [4.78, 5) is 18.1. The number of terminal acetylenes is 1. The fraction of sp³-hybridized carbons (Fsp3) is 0.441. The minimum Gasteiger partial charge on any atom is -0.468 e. The molecule has 0 radical (unpaired) electrons. The summed E-state index contributed by atoms with van der Waals surface area (Å²) in [6.45, 7) is 2.90. The molecule has 0 saturated carbocycles. The predicted octanol–water partition coefficient (Wildman–Crippen LogP) is 6.03. The Balaban J connectivity index is 1.38. The zero-order valence-electron chi connectivity index (χ0n) is 25.1. The molecule has 45 heavy (non-hydrogen) atoms. The van der Waals surface area contributed by atoms with Crippen LogP contribution in [0.1, 0.15) is 44.1 Å². The Bertz CT molecular complexity index is 1810. The third kappa shape index (κ3) is 5.30. The number of nitrogens with zero attached hydrogens (tertiary/aromatic N) is 5. The van der Waals surface area contributed by atoms with Crippen molar-refractivity contribution < 1.29 is 27.4 Å². The fourth-order valence-electron chi connectivity index (χ4n) is 7.22. The zero-order valence-corrected chi connectivity index (χ0v) is 25.1. The van der Waals surface area contributed by atoms with Crippen LogP contribution in [0.15, 0.2) is 30.5 Å². The van der Waals surface area contributed by atoms with Crippen molar-refractivity contribution in [3.63, 3.8) is 0 Å². The first-order valence-electron chi connectivity index (χ1n) is 15.4. The maximum Gasteiger partial charge on any atom is 0.319 e. The highest BCUT2D eigenvalue weighted by Crippen LogP contribution is 2.42. The van der Waals surface area contributed by atoms with Crippen LogP contribution in [0.5, 0.6) is 11.8 Å². The van der Waals surface area contributed by atoms with E-state index >= 15 is 4.39 Å². The van der Waals surface area contributed by atoms with Crippen LogP contribution in [0, 0.1) is 24.0 Å². The molecule has 2 atom stereocenters. The number of fused-ring (bicyclic) bond motifs is 3. The van der Waals surface area contributed by atoms with Gasteiger partial charge in [0.2, 0.25) is 0 Å². The summed E-state index contributed by atoms with van der Waals surface area (Å²) in [5, 5.41) is 1.32. The van der Waals surface area contributed by atoms with Gasteiger partial charge in [-0.3, -0.25) is 9.88 Å². The summed E-state index contributed by atoms with van der Waals surface area (Å²) in [5.74, 6) is 2.01. The lowest BCUT2D eigenvalue weighted by molar-refractivity contribution is 0.0512. The minimum atomic E-state index is -0.905. The van der Waals surface area contributed by atoms with Gasteiger partial charge in [0.05, 0.1) is 16.5 Å².